The predicted molar refractivity (Wildman–Crippen MR) is 85.5 cm³/mol. The molecule has 0 bridgehead atoms. The molecule has 0 aliphatic rings. The lowest BCUT2D eigenvalue weighted by Gasteiger charge is -2.23. The maximum atomic E-state index is 13.4. The van der Waals surface area contributed by atoms with E-state index in [-0.39, 0.29) is 11.4 Å². The van der Waals surface area contributed by atoms with Crippen molar-refractivity contribution < 1.29 is 12.8 Å². The molecule has 0 atom stereocenters. The van der Waals surface area contributed by atoms with Gasteiger partial charge in [-0.3, -0.25) is 4.31 Å². The SMILES string of the molecule is CCN(c1cccc(F)c1)S(=O)(=O)c1ccc(C)cc1Br. The smallest absolute Gasteiger partial charge is 0.265 e. The molecule has 2 aromatic rings. The van der Waals surface area contributed by atoms with Gasteiger partial charge in [0.15, 0.2) is 0 Å². The van der Waals surface area contributed by atoms with E-state index in [9.17, 15) is 12.8 Å². The van der Waals surface area contributed by atoms with Crippen molar-refractivity contribution in [3.05, 3.63) is 58.3 Å². The van der Waals surface area contributed by atoms with Crippen molar-refractivity contribution >= 4 is 31.6 Å². The highest BCUT2D eigenvalue weighted by atomic mass is 79.9. The molecule has 0 saturated carbocycles. The van der Waals surface area contributed by atoms with Crippen LogP contribution in [-0.2, 0) is 10.0 Å². The van der Waals surface area contributed by atoms with Gasteiger partial charge in [0, 0.05) is 11.0 Å². The minimum atomic E-state index is -3.75. The molecule has 3 nitrogen and oxygen atoms in total. The van der Waals surface area contributed by atoms with Crippen LogP contribution in [0.15, 0.2) is 51.8 Å². The van der Waals surface area contributed by atoms with Gasteiger partial charge >= 0.3 is 0 Å². The number of halogens is 2. The Kier molecular flexibility index (Phi) is 4.68. The summed E-state index contributed by atoms with van der Waals surface area (Å²) in [5.74, 6) is -0.468. The normalized spacial score (nSPS) is 11.4. The van der Waals surface area contributed by atoms with Crippen LogP contribution in [0.3, 0.4) is 0 Å². The number of sulfonamides is 1. The lowest BCUT2D eigenvalue weighted by Crippen LogP contribution is -2.31. The Hall–Kier alpha value is -1.40. The van der Waals surface area contributed by atoms with E-state index < -0.39 is 15.8 Å². The molecule has 0 fully saturated rings. The number of nitrogens with zero attached hydrogens (tertiary/aromatic N) is 1. The molecule has 0 saturated heterocycles. The van der Waals surface area contributed by atoms with Gasteiger partial charge < -0.3 is 0 Å². The summed E-state index contributed by atoms with van der Waals surface area (Å²) >= 11 is 3.29. The van der Waals surface area contributed by atoms with Crippen molar-refractivity contribution in [1.82, 2.24) is 0 Å². The van der Waals surface area contributed by atoms with Crippen LogP contribution in [-0.4, -0.2) is 15.0 Å². The van der Waals surface area contributed by atoms with Crippen LogP contribution in [0.25, 0.3) is 0 Å². The van der Waals surface area contributed by atoms with Gasteiger partial charge in [0.2, 0.25) is 0 Å². The Morgan fingerprint density at radius 3 is 2.48 bits per heavy atom. The van der Waals surface area contributed by atoms with E-state index in [0.29, 0.717) is 10.2 Å². The van der Waals surface area contributed by atoms with Gasteiger partial charge in [-0.15, -0.1) is 0 Å². The van der Waals surface area contributed by atoms with Crippen LogP contribution < -0.4 is 4.31 Å². The van der Waals surface area contributed by atoms with Crippen molar-refractivity contribution in [1.29, 1.82) is 0 Å². The van der Waals surface area contributed by atoms with Crippen molar-refractivity contribution in [2.45, 2.75) is 18.7 Å². The van der Waals surface area contributed by atoms with Gasteiger partial charge in [-0.1, -0.05) is 12.1 Å². The molecule has 6 heteroatoms. The van der Waals surface area contributed by atoms with Gasteiger partial charge in [-0.05, 0) is 65.7 Å². The third-order valence-corrected chi connectivity index (χ3v) is 5.92. The summed E-state index contributed by atoms with van der Waals surface area (Å²) in [5, 5.41) is 0. The van der Waals surface area contributed by atoms with Crippen molar-refractivity contribution in [3.63, 3.8) is 0 Å². The molecule has 2 rings (SSSR count). The molecule has 21 heavy (non-hydrogen) atoms. The van der Waals surface area contributed by atoms with Crippen LogP contribution in [0.1, 0.15) is 12.5 Å². The highest BCUT2D eigenvalue weighted by Crippen LogP contribution is 2.29. The Morgan fingerprint density at radius 2 is 1.90 bits per heavy atom. The summed E-state index contributed by atoms with van der Waals surface area (Å²) in [5.41, 5.74) is 1.26. The summed E-state index contributed by atoms with van der Waals surface area (Å²) in [6.07, 6.45) is 0. The molecule has 0 heterocycles. The highest BCUT2D eigenvalue weighted by molar-refractivity contribution is 9.10. The standard InChI is InChI=1S/C15H15BrFNO2S/c1-3-18(13-6-4-5-12(17)10-13)21(19,20)15-8-7-11(2)9-14(15)16/h4-10H,3H2,1-2H3. The maximum absolute atomic E-state index is 13.4. The average molecular weight is 372 g/mol. The lowest BCUT2D eigenvalue weighted by atomic mass is 10.2. The molecule has 0 spiro atoms. The number of hydrogen-bond acceptors (Lipinski definition) is 2. The third kappa shape index (κ3) is 3.27. The molecule has 0 unspecified atom stereocenters. The Labute approximate surface area is 132 Å². The summed E-state index contributed by atoms with van der Waals surface area (Å²) in [6, 6.07) is 10.6. The fourth-order valence-electron chi connectivity index (χ4n) is 2.06. The van der Waals surface area contributed by atoms with Gasteiger partial charge in [0.05, 0.1) is 5.69 Å². The molecular weight excluding hydrogens is 357 g/mol. The first-order chi connectivity index (χ1) is 9.86. The van der Waals surface area contributed by atoms with E-state index in [4.69, 9.17) is 0 Å². The first-order valence-corrected chi connectivity index (χ1v) is 8.64. The van der Waals surface area contributed by atoms with Crippen LogP contribution in [0.5, 0.6) is 0 Å². The van der Waals surface area contributed by atoms with E-state index >= 15 is 0 Å². The van der Waals surface area contributed by atoms with E-state index in [1.807, 2.05) is 6.92 Å². The fraction of sp³-hybridized carbons (Fsp3) is 0.200. The molecular formula is C15H15BrFNO2S. The van der Waals surface area contributed by atoms with Crippen LogP contribution in [0.2, 0.25) is 0 Å². The van der Waals surface area contributed by atoms with E-state index in [1.54, 1.807) is 31.2 Å². The number of benzene rings is 2. The quantitative estimate of drug-likeness (QED) is 0.810. The molecule has 0 aliphatic heterocycles. The van der Waals surface area contributed by atoms with Crippen molar-refractivity contribution in [2.75, 3.05) is 10.8 Å². The summed E-state index contributed by atoms with van der Waals surface area (Å²) in [6.45, 7) is 3.81. The topological polar surface area (TPSA) is 37.4 Å². The van der Waals surface area contributed by atoms with Crippen LogP contribution >= 0.6 is 15.9 Å². The van der Waals surface area contributed by atoms with E-state index in [2.05, 4.69) is 15.9 Å². The van der Waals surface area contributed by atoms with E-state index in [0.717, 1.165) is 5.56 Å². The monoisotopic (exact) mass is 371 g/mol. The number of rotatable bonds is 4. The second kappa shape index (κ2) is 6.15. The fourth-order valence-corrected chi connectivity index (χ4v) is 4.68. The van der Waals surface area contributed by atoms with Gasteiger partial charge in [0.25, 0.3) is 10.0 Å². The average Bonchev–Trinajstić information content (AvgIpc) is 2.38. The second-order valence-electron chi connectivity index (χ2n) is 4.58. The molecule has 0 amide bonds. The summed E-state index contributed by atoms with van der Waals surface area (Å²) in [7, 11) is -3.75. The maximum Gasteiger partial charge on any atom is 0.265 e. The van der Waals surface area contributed by atoms with E-state index in [1.165, 1.54) is 22.5 Å². The Balaban J connectivity index is 2.54. The number of anilines is 1. The first kappa shape index (κ1) is 16.0. The van der Waals surface area contributed by atoms with Gasteiger partial charge in [-0.2, -0.15) is 0 Å². The molecule has 0 aliphatic carbocycles. The third-order valence-electron chi connectivity index (χ3n) is 3.04. The molecule has 0 N–H and O–H groups in total. The largest absolute Gasteiger partial charge is 0.266 e. The summed E-state index contributed by atoms with van der Waals surface area (Å²) < 4.78 is 40.6. The zero-order chi connectivity index (χ0) is 15.6. The number of hydrogen-bond donors (Lipinski definition) is 0. The Morgan fingerprint density at radius 1 is 1.19 bits per heavy atom. The highest BCUT2D eigenvalue weighted by Gasteiger charge is 2.26. The molecule has 112 valence electrons. The van der Waals surface area contributed by atoms with Crippen LogP contribution in [0, 0.1) is 12.7 Å². The zero-order valence-corrected chi connectivity index (χ0v) is 14.1. The summed E-state index contributed by atoms with van der Waals surface area (Å²) in [4.78, 5) is 0.166. The van der Waals surface area contributed by atoms with Crippen molar-refractivity contribution in [3.8, 4) is 0 Å². The molecule has 2 aromatic carbocycles. The van der Waals surface area contributed by atoms with Crippen LogP contribution in [0.4, 0.5) is 10.1 Å². The molecule has 0 radical (unpaired) electrons. The zero-order valence-electron chi connectivity index (χ0n) is 11.7. The second-order valence-corrected chi connectivity index (χ2v) is 7.27. The predicted octanol–water partition coefficient (Wildman–Crippen LogP) is 4.11. The molecule has 0 aromatic heterocycles. The van der Waals surface area contributed by atoms with Gasteiger partial charge in [-0.25, -0.2) is 12.8 Å². The number of aryl methyl sites for hydroxylation is 1. The Bertz CT molecular complexity index is 762. The van der Waals surface area contributed by atoms with Crippen molar-refractivity contribution in [2.24, 2.45) is 0 Å². The lowest BCUT2D eigenvalue weighted by molar-refractivity contribution is 0.591. The minimum Gasteiger partial charge on any atom is -0.266 e. The minimum absolute atomic E-state index is 0.166. The first-order valence-electron chi connectivity index (χ1n) is 6.40. The van der Waals surface area contributed by atoms with Gasteiger partial charge in [0.1, 0.15) is 10.7 Å².